The Morgan fingerprint density at radius 2 is 0.877 bits per heavy atom. The molecule has 0 radical (unpaired) electrons. The first-order valence-electron chi connectivity index (χ1n) is 28.2. The largest absolute Gasteiger partial charge is 0.310 e. The van der Waals surface area contributed by atoms with Gasteiger partial charge in [0.15, 0.2) is 0 Å². The zero-order valence-corrected chi connectivity index (χ0v) is 44.8. The molecule has 81 heavy (non-hydrogen) atoms. The summed E-state index contributed by atoms with van der Waals surface area (Å²) < 4.78 is 5.17. The molecule has 3 aliphatic rings. The average Bonchev–Trinajstić information content (AvgIpc) is 3.25. The molecule has 0 N–H and O–H groups in total. The van der Waals surface area contributed by atoms with Crippen molar-refractivity contribution in [3.05, 3.63) is 336 Å². The lowest BCUT2D eigenvalue weighted by Crippen LogP contribution is -2.33. The van der Waals surface area contributed by atoms with Gasteiger partial charge >= 0.3 is 0 Å². The predicted octanol–water partition coefficient (Wildman–Crippen LogP) is 20.5. The normalized spacial score (nSPS) is 15.1. The van der Waals surface area contributed by atoms with Crippen LogP contribution in [0.25, 0.3) is 91.8 Å². The molecule has 2 aliphatic carbocycles. The fourth-order valence-electron chi connectivity index (χ4n) is 15.3. The third kappa shape index (κ3) is 5.85. The van der Waals surface area contributed by atoms with E-state index in [0.29, 0.717) is 0 Å². The van der Waals surface area contributed by atoms with Gasteiger partial charge in [0.1, 0.15) is 0 Å². The van der Waals surface area contributed by atoms with Crippen LogP contribution in [0.15, 0.2) is 291 Å². The highest BCUT2D eigenvalue weighted by Crippen LogP contribution is 2.63. The minimum Gasteiger partial charge on any atom is -0.310 e. The number of benzene rings is 13. The summed E-state index contributed by atoms with van der Waals surface area (Å²) in [7, 11) is 0. The van der Waals surface area contributed by atoms with Crippen molar-refractivity contribution < 1.29 is 0 Å². The van der Waals surface area contributed by atoms with Crippen LogP contribution < -0.4 is 4.90 Å². The Morgan fingerprint density at radius 3 is 1.67 bits per heavy atom. The van der Waals surface area contributed by atoms with E-state index < -0.39 is 10.8 Å². The molecule has 3 heteroatoms. The number of nitrogens with zero attached hydrogens (tertiary/aromatic N) is 2. The van der Waals surface area contributed by atoms with E-state index in [1.54, 1.807) is 0 Å². The smallest absolute Gasteiger partial charge is 0.0755 e. The average molecular weight is 1050 g/mol. The van der Waals surface area contributed by atoms with Crippen molar-refractivity contribution in [1.82, 2.24) is 4.57 Å². The number of hydrogen-bond acceptors (Lipinski definition) is 2. The maximum absolute atomic E-state index is 2.58. The maximum Gasteiger partial charge on any atom is 0.0755 e. The Kier molecular flexibility index (Phi) is 9.27. The van der Waals surface area contributed by atoms with Crippen LogP contribution in [-0.4, -0.2) is 4.57 Å². The summed E-state index contributed by atoms with van der Waals surface area (Å²) in [6.07, 6.45) is 0. The standard InChI is InChI=1S/C78H48N2S/c1-3-21-50(22-4-1)77(51-23-5-2-6-24-51)65-35-14-10-30-63(65)74-60-29-8-7-26-57(60)72(48-69(74)77)79(52-43-41-49(42-44-52)54-31-19-33-62-59-28-12-18-40-73(59)81-76(54)62)53-45-46-56-55-25-9-13-34-64(55)78(68(56)47-53)66-36-15-17-39-71(66)80-70-38-16-11-27-58(70)61-32-20-37-67(78)75(61)80/h1-48H. The van der Waals surface area contributed by atoms with Gasteiger partial charge in [0.25, 0.3) is 0 Å². The van der Waals surface area contributed by atoms with Gasteiger partial charge in [-0.1, -0.05) is 243 Å². The molecule has 1 unspecified atom stereocenters. The SMILES string of the molecule is c1ccc(C2(c3ccccc3)c3ccccc3-c3c2cc(N(c2ccc(-c4cccc5c4sc4ccccc45)cc2)c2ccc4c(c2)C2(c5ccccc5-4)c4ccccc4-n4c5ccccc5c5cccc2c54)c2ccccc32)cc1. The minimum atomic E-state index is -0.627. The van der Waals surface area contributed by atoms with Crippen LogP contribution in [-0.2, 0) is 10.8 Å². The molecule has 0 fully saturated rings. The zero-order valence-electron chi connectivity index (χ0n) is 44.0. The van der Waals surface area contributed by atoms with Gasteiger partial charge in [-0.3, -0.25) is 0 Å². The van der Waals surface area contributed by atoms with E-state index in [1.165, 1.54) is 136 Å². The molecule has 1 atom stereocenters. The molecule has 13 aromatic carbocycles. The van der Waals surface area contributed by atoms with E-state index in [1.807, 2.05) is 11.3 Å². The van der Waals surface area contributed by atoms with Crippen molar-refractivity contribution in [2.24, 2.45) is 0 Å². The van der Waals surface area contributed by atoms with Crippen molar-refractivity contribution in [3.8, 4) is 39.1 Å². The van der Waals surface area contributed by atoms with Crippen molar-refractivity contribution in [2.75, 3.05) is 4.90 Å². The molecule has 0 saturated carbocycles. The highest BCUT2D eigenvalue weighted by atomic mass is 32.1. The summed E-state index contributed by atoms with van der Waals surface area (Å²) in [4.78, 5) is 2.58. The quantitative estimate of drug-likeness (QED) is 0.161. The Balaban J connectivity index is 0.942. The van der Waals surface area contributed by atoms with Crippen LogP contribution in [0.4, 0.5) is 17.1 Å². The third-order valence-electron chi connectivity index (χ3n) is 18.5. The van der Waals surface area contributed by atoms with Crippen LogP contribution >= 0.6 is 11.3 Å². The molecule has 2 aromatic heterocycles. The van der Waals surface area contributed by atoms with Crippen LogP contribution in [0.2, 0.25) is 0 Å². The highest BCUT2D eigenvalue weighted by Gasteiger charge is 2.52. The molecule has 0 saturated heterocycles. The van der Waals surface area contributed by atoms with Gasteiger partial charge < -0.3 is 9.47 Å². The van der Waals surface area contributed by atoms with E-state index in [2.05, 4.69) is 301 Å². The molecule has 0 bridgehead atoms. The summed E-state index contributed by atoms with van der Waals surface area (Å²) >= 11 is 1.89. The molecule has 1 aliphatic heterocycles. The number of thiophene rings is 1. The molecule has 15 aromatic rings. The lowest BCUT2D eigenvalue weighted by atomic mass is 9.65. The second-order valence-corrected chi connectivity index (χ2v) is 23.2. The van der Waals surface area contributed by atoms with Crippen LogP contribution in [0.1, 0.15) is 44.5 Å². The van der Waals surface area contributed by atoms with E-state index in [9.17, 15) is 0 Å². The van der Waals surface area contributed by atoms with Gasteiger partial charge in [0, 0.05) is 47.7 Å². The van der Waals surface area contributed by atoms with Gasteiger partial charge in [-0.15, -0.1) is 11.3 Å². The molecule has 2 nitrogen and oxygen atoms in total. The molecule has 376 valence electrons. The molecule has 0 amide bonds. The second kappa shape index (κ2) is 16.7. The molecule has 1 spiro atoms. The number of para-hydroxylation sites is 3. The lowest BCUT2D eigenvalue weighted by molar-refractivity contribution is 0.748. The van der Waals surface area contributed by atoms with Gasteiger partial charge in [-0.25, -0.2) is 0 Å². The summed E-state index contributed by atoms with van der Waals surface area (Å²) in [5.41, 5.74) is 23.6. The minimum absolute atomic E-state index is 0.613. The molecular weight excluding hydrogens is 997 g/mol. The first-order valence-corrected chi connectivity index (χ1v) is 29.0. The number of aromatic nitrogens is 1. The number of rotatable bonds is 6. The van der Waals surface area contributed by atoms with E-state index >= 15 is 0 Å². The fourth-order valence-corrected chi connectivity index (χ4v) is 16.6. The van der Waals surface area contributed by atoms with Crippen molar-refractivity contribution in [3.63, 3.8) is 0 Å². The highest BCUT2D eigenvalue weighted by molar-refractivity contribution is 7.26. The van der Waals surface area contributed by atoms with Crippen LogP contribution in [0.3, 0.4) is 0 Å². The van der Waals surface area contributed by atoms with E-state index in [4.69, 9.17) is 0 Å². The third-order valence-corrected chi connectivity index (χ3v) is 19.7. The number of anilines is 3. The van der Waals surface area contributed by atoms with Gasteiger partial charge in [-0.2, -0.15) is 0 Å². The zero-order chi connectivity index (χ0) is 53.0. The predicted molar refractivity (Wildman–Crippen MR) is 339 cm³/mol. The van der Waals surface area contributed by atoms with Gasteiger partial charge in [0.2, 0.25) is 0 Å². The summed E-state index contributed by atoms with van der Waals surface area (Å²) in [5.74, 6) is 0. The Hall–Kier alpha value is -10.1. The molecule has 18 rings (SSSR count). The Morgan fingerprint density at radius 1 is 0.321 bits per heavy atom. The first-order chi connectivity index (χ1) is 40.2. The monoisotopic (exact) mass is 1040 g/mol. The lowest BCUT2D eigenvalue weighted by Gasteiger charge is -2.40. The van der Waals surface area contributed by atoms with Crippen LogP contribution in [0, 0.1) is 0 Å². The molecule has 3 heterocycles. The summed E-state index contributed by atoms with van der Waals surface area (Å²) in [6, 6.07) is 110. The summed E-state index contributed by atoms with van der Waals surface area (Å²) in [6.45, 7) is 0. The van der Waals surface area contributed by atoms with E-state index in [0.717, 1.165) is 17.1 Å². The van der Waals surface area contributed by atoms with Crippen molar-refractivity contribution in [1.29, 1.82) is 0 Å². The van der Waals surface area contributed by atoms with Crippen molar-refractivity contribution >= 4 is 81.1 Å². The van der Waals surface area contributed by atoms with Gasteiger partial charge in [-0.05, 0) is 132 Å². The van der Waals surface area contributed by atoms with E-state index in [-0.39, 0.29) is 0 Å². The first kappa shape index (κ1) is 44.9. The Bertz CT molecular complexity index is 5080. The topological polar surface area (TPSA) is 8.17 Å². The maximum atomic E-state index is 2.58. The van der Waals surface area contributed by atoms with Crippen LogP contribution in [0.5, 0.6) is 0 Å². The number of hydrogen-bond donors (Lipinski definition) is 0. The Labute approximate surface area is 473 Å². The fraction of sp³-hybridized carbons (Fsp3) is 0.0256. The number of fused-ring (bicyclic) bond motifs is 20. The van der Waals surface area contributed by atoms with Gasteiger partial charge in [0.05, 0.1) is 33.2 Å². The van der Waals surface area contributed by atoms with Crippen molar-refractivity contribution in [2.45, 2.75) is 10.8 Å². The molecular formula is C78H48N2S. The second-order valence-electron chi connectivity index (χ2n) is 22.2. The summed E-state index contributed by atoms with van der Waals surface area (Å²) in [5, 5.41) is 7.58.